The molecule has 1 aliphatic heterocycles. The Labute approximate surface area is 178 Å². The van der Waals surface area contributed by atoms with Crippen molar-refractivity contribution < 1.29 is 14.1 Å². The summed E-state index contributed by atoms with van der Waals surface area (Å²) in [5.74, 6) is 0.752. The minimum Gasteiger partial charge on any atom is -0.378 e. The van der Waals surface area contributed by atoms with Crippen molar-refractivity contribution in [3.8, 4) is 11.4 Å². The van der Waals surface area contributed by atoms with Crippen molar-refractivity contribution in [3.05, 3.63) is 59.7 Å². The standard InChI is InChI=1S/C22H22N6O3/c1-14-3-4-16(21-24-15(2)31-26-21)11-19(14)25-22(29)18-12-23-28-13-17(5-6-20(18)28)27-7-9-30-10-8-27/h3-6,11-13H,7-10H2,1-2H3,(H,25,29). The van der Waals surface area contributed by atoms with Gasteiger partial charge in [-0.15, -0.1) is 0 Å². The van der Waals surface area contributed by atoms with Crippen molar-refractivity contribution >= 4 is 22.8 Å². The van der Waals surface area contributed by atoms with E-state index < -0.39 is 0 Å². The summed E-state index contributed by atoms with van der Waals surface area (Å²) < 4.78 is 12.2. The van der Waals surface area contributed by atoms with Gasteiger partial charge in [0.05, 0.1) is 42.4 Å². The Morgan fingerprint density at radius 2 is 1.97 bits per heavy atom. The molecule has 0 bridgehead atoms. The molecule has 9 heteroatoms. The van der Waals surface area contributed by atoms with Crippen molar-refractivity contribution in [3.63, 3.8) is 0 Å². The van der Waals surface area contributed by atoms with Gasteiger partial charge in [0.2, 0.25) is 11.7 Å². The maximum Gasteiger partial charge on any atom is 0.259 e. The van der Waals surface area contributed by atoms with Gasteiger partial charge in [0.15, 0.2) is 0 Å². The Morgan fingerprint density at radius 1 is 1.13 bits per heavy atom. The Bertz CT molecular complexity index is 1260. The van der Waals surface area contributed by atoms with E-state index in [9.17, 15) is 4.79 Å². The second kappa shape index (κ2) is 7.84. The number of hydrogen-bond donors (Lipinski definition) is 1. The highest BCUT2D eigenvalue weighted by atomic mass is 16.5. The number of ether oxygens (including phenoxy) is 1. The number of nitrogens with zero attached hydrogens (tertiary/aromatic N) is 5. The highest BCUT2D eigenvalue weighted by Crippen LogP contribution is 2.25. The van der Waals surface area contributed by atoms with Crippen LogP contribution < -0.4 is 10.2 Å². The summed E-state index contributed by atoms with van der Waals surface area (Å²) in [6, 6.07) is 9.61. The monoisotopic (exact) mass is 418 g/mol. The minimum absolute atomic E-state index is 0.223. The molecular weight excluding hydrogens is 396 g/mol. The van der Waals surface area contributed by atoms with E-state index in [0.717, 1.165) is 35.4 Å². The predicted octanol–water partition coefficient (Wildman–Crippen LogP) is 3.09. The average molecular weight is 418 g/mol. The Balaban J connectivity index is 1.40. The summed E-state index contributed by atoms with van der Waals surface area (Å²) >= 11 is 0. The fourth-order valence-electron chi connectivity index (χ4n) is 3.66. The van der Waals surface area contributed by atoms with E-state index in [2.05, 4.69) is 25.5 Å². The molecule has 1 amide bonds. The van der Waals surface area contributed by atoms with Crippen LogP contribution in [0, 0.1) is 13.8 Å². The normalized spacial score (nSPS) is 14.2. The number of fused-ring (bicyclic) bond motifs is 1. The Morgan fingerprint density at radius 3 is 2.74 bits per heavy atom. The molecule has 1 aliphatic rings. The van der Waals surface area contributed by atoms with E-state index >= 15 is 0 Å². The van der Waals surface area contributed by atoms with Crippen molar-refractivity contribution in [2.45, 2.75) is 13.8 Å². The molecule has 1 aromatic carbocycles. The zero-order valence-corrected chi connectivity index (χ0v) is 17.3. The van der Waals surface area contributed by atoms with Gasteiger partial charge in [-0.1, -0.05) is 17.3 Å². The second-order valence-electron chi connectivity index (χ2n) is 7.50. The number of morpholine rings is 1. The van der Waals surface area contributed by atoms with Crippen LogP contribution in [0.1, 0.15) is 21.8 Å². The van der Waals surface area contributed by atoms with E-state index in [1.165, 1.54) is 0 Å². The SMILES string of the molecule is Cc1nc(-c2ccc(C)c(NC(=O)c3cnn4cc(N5CCOCC5)ccc34)c2)no1. The number of carbonyl (C=O) groups is 1. The van der Waals surface area contributed by atoms with Crippen LogP contribution >= 0.6 is 0 Å². The molecule has 158 valence electrons. The van der Waals surface area contributed by atoms with E-state index in [1.54, 1.807) is 17.6 Å². The van der Waals surface area contributed by atoms with Gasteiger partial charge in [-0.25, -0.2) is 4.52 Å². The fraction of sp³-hybridized carbons (Fsp3) is 0.273. The van der Waals surface area contributed by atoms with Crippen LogP contribution in [0.4, 0.5) is 11.4 Å². The number of hydrogen-bond acceptors (Lipinski definition) is 7. The molecule has 1 fully saturated rings. The number of benzene rings is 1. The summed E-state index contributed by atoms with van der Waals surface area (Å²) in [7, 11) is 0. The molecule has 0 unspecified atom stereocenters. The van der Waals surface area contributed by atoms with Gasteiger partial charge in [0, 0.05) is 31.3 Å². The lowest BCUT2D eigenvalue weighted by Gasteiger charge is -2.28. The number of anilines is 2. The predicted molar refractivity (Wildman–Crippen MR) is 115 cm³/mol. The topological polar surface area (TPSA) is 97.8 Å². The first kappa shape index (κ1) is 19.3. The molecule has 0 aliphatic carbocycles. The number of rotatable bonds is 4. The smallest absolute Gasteiger partial charge is 0.259 e. The number of aryl methyl sites for hydroxylation is 2. The average Bonchev–Trinajstić information content (AvgIpc) is 3.41. The molecule has 0 spiro atoms. The van der Waals surface area contributed by atoms with Crippen molar-refractivity contribution in [1.29, 1.82) is 0 Å². The van der Waals surface area contributed by atoms with Gasteiger partial charge in [0.25, 0.3) is 5.91 Å². The maximum atomic E-state index is 13.0. The van der Waals surface area contributed by atoms with Crippen LogP contribution in [-0.4, -0.2) is 52.0 Å². The highest BCUT2D eigenvalue weighted by Gasteiger charge is 2.17. The summed E-state index contributed by atoms with van der Waals surface area (Å²) in [6.45, 7) is 6.79. The van der Waals surface area contributed by atoms with Gasteiger partial charge in [-0.2, -0.15) is 10.1 Å². The van der Waals surface area contributed by atoms with Crippen molar-refractivity contribution in [2.75, 3.05) is 36.5 Å². The third kappa shape index (κ3) is 3.75. The van der Waals surface area contributed by atoms with Crippen LogP contribution in [-0.2, 0) is 4.74 Å². The first-order chi connectivity index (χ1) is 15.1. The fourth-order valence-corrected chi connectivity index (χ4v) is 3.66. The first-order valence-electron chi connectivity index (χ1n) is 10.1. The second-order valence-corrected chi connectivity index (χ2v) is 7.50. The van der Waals surface area contributed by atoms with Gasteiger partial charge in [-0.05, 0) is 30.7 Å². The van der Waals surface area contributed by atoms with Gasteiger partial charge in [-0.3, -0.25) is 4.79 Å². The van der Waals surface area contributed by atoms with Gasteiger partial charge in [0.1, 0.15) is 0 Å². The van der Waals surface area contributed by atoms with Crippen LogP contribution in [0.15, 0.2) is 47.2 Å². The van der Waals surface area contributed by atoms with Crippen LogP contribution in [0.5, 0.6) is 0 Å². The largest absolute Gasteiger partial charge is 0.378 e. The van der Waals surface area contributed by atoms with E-state index in [-0.39, 0.29) is 5.91 Å². The number of aromatic nitrogens is 4. The lowest BCUT2D eigenvalue weighted by molar-refractivity contribution is 0.102. The number of amides is 1. The Hall–Kier alpha value is -3.72. The molecule has 9 nitrogen and oxygen atoms in total. The molecule has 4 aromatic rings. The minimum atomic E-state index is -0.223. The molecule has 0 saturated carbocycles. The lowest BCUT2D eigenvalue weighted by atomic mass is 10.1. The van der Waals surface area contributed by atoms with Crippen molar-refractivity contribution in [1.82, 2.24) is 19.8 Å². The van der Waals surface area contributed by atoms with E-state index in [0.29, 0.717) is 36.2 Å². The molecule has 0 atom stereocenters. The van der Waals surface area contributed by atoms with Crippen LogP contribution in [0.25, 0.3) is 16.9 Å². The van der Waals surface area contributed by atoms with E-state index in [1.807, 2.05) is 43.5 Å². The first-order valence-corrected chi connectivity index (χ1v) is 10.1. The maximum absolute atomic E-state index is 13.0. The number of nitrogens with one attached hydrogen (secondary N) is 1. The lowest BCUT2D eigenvalue weighted by Crippen LogP contribution is -2.36. The summed E-state index contributed by atoms with van der Waals surface area (Å²) in [5.41, 5.74) is 4.71. The van der Waals surface area contributed by atoms with Gasteiger partial charge < -0.3 is 19.5 Å². The highest BCUT2D eigenvalue weighted by molar-refractivity contribution is 6.09. The van der Waals surface area contributed by atoms with Gasteiger partial charge >= 0.3 is 0 Å². The number of carbonyl (C=O) groups excluding carboxylic acids is 1. The molecule has 3 aromatic heterocycles. The molecule has 5 rings (SSSR count). The number of pyridine rings is 1. The van der Waals surface area contributed by atoms with Crippen LogP contribution in [0.3, 0.4) is 0 Å². The third-order valence-corrected chi connectivity index (χ3v) is 5.39. The molecule has 0 radical (unpaired) electrons. The third-order valence-electron chi connectivity index (χ3n) is 5.39. The van der Waals surface area contributed by atoms with E-state index in [4.69, 9.17) is 9.26 Å². The zero-order chi connectivity index (χ0) is 21.4. The molecule has 1 saturated heterocycles. The summed E-state index contributed by atoms with van der Waals surface area (Å²) in [5, 5.41) is 11.3. The summed E-state index contributed by atoms with van der Waals surface area (Å²) in [4.78, 5) is 19.5. The summed E-state index contributed by atoms with van der Waals surface area (Å²) in [6.07, 6.45) is 3.54. The molecule has 31 heavy (non-hydrogen) atoms. The zero-order valence-electron chi connectivity index (χ0n) is 17.3. The van der Waals surface area contributed by atoms with Crippen LogP contribution in [0.2, 0.25) is 0 Å². The molecule has 4 heterocycles. The van der Waals surface area contributed by atoms with Crippen molar-refractivity contribution in [2.24, 2.45) is 0 Å². The molecule has 1 N–H and O–H groups in total. The Kier molecular flexibility index (Phi) is 4.87. The molecular formula is C22H22N6O3. The quantitative estimate of drug-likeness (QED) is 0.544.